The van der Waals surface area contributed by atoms with Gasteiger partial charge in [0, 0.05) is 12.1 Å². The number of nitrogens with two attached hydrogens (primary N) is 1. The van der Waals surface area contributed by atoms with Gasteiger partial charge >= 0.3 is 0 Å². The van der Waals surface area contributed by atoms with E-state index in [9.17, 15) is 0 Å². The van der Waals surface area contributed by atoms with Crippen LogP contribution in [0.2, 0.25) is 5.02 Å². The van der Waals surface area contributed by atoms with E-state index in [1.165, 1.54) is 0 Å². The third kappa shape index (κ3) is 2.73. The van der Waals surface area contributed by atoms with Crippen molar-refractivity contribution in [1.29, 1.82) is 0 Å². The molecule has 1 aromatic carbocycles. The van der Waals surface area contributed by atoms with Crippen LogP contribution in [0.25, 0.3) is 0 Å². The zero-order chi connectivity index (χ0) is 14.0. The monoisotopic (exact) mass is 280 g/mol. The lowest BCUT2D eigenvalue weighted by Gasteiger charge is -2.19. The Hall–Kier alpha value is -1.56. The van der Waals surface area contributed by atoms with E-state index in [0.29, 0.717) is 10.8 Å². The lowest BCUT2D eigenvalue weighted by molar-refractivity contribution is 0.401. The Morgan fingerprint density at radius 3 is 2.74 bits per heavy atom. The van der Waals surface area contributed by atoms with Crippen LogP contribution >= 0.6 is 11.6 Å². The van der Waals surface area contributed by atoms with Crippen LogP contribution in [0.5, 0.6) is 5.75 Å². The molecule has 1 atom stereocenters. The van der Waals surface area contributed by atoms with Crippen molar-refractivity contribution in [3.63, 3.8) is 0 Å². The van der Waals surface area contributed by atoms with Crippen LogP contribution in [0.15, 0.2) is 24.4 Å². The van der Waals surface area contributed by atoms with Crippen molar-refractivity contribution < 1.29 is 4.74 Å². The quantitative estimate of drug-likeness (QED) is 0.664. The van der Waals surface area contributed by atoms with Gasteiger partial charge < -0.3 is 4.74 Å². The van der Waals surface area contributed by atoms with Crippen LogP contribution in [-0.4, -0.2) is 16.9 Å². The molecule has 0 saturated heterocycles. The van der Waals surface area contributed by atoms with E-state index in [1.807, 2.05) is 32.2 Å². The van der Waals surface area contributed by atoms with E-state index >= 15 is 0 Å². The van der Waals surface area contributed by atoms with Crippen molar-refractivity contribution in [2.75, 3.05) is 7.11 Å². The minimum Gasteiger partial charge on any atom is -0.493 e. The predicted molar refractivity (Wildman–Crippen MR) is 75.1 cm³/mol. The molecule has 102 valence electrons. The number of ether oxygens (including phenoxy) is 1. The average molecular weight is 281 g/mol. The summed E-state index contributed by atoms with van der Waals surface area (Å²) in [6.07, 6.45) is 1.66. The highest BCUT2D eigenvalue weighted by Crippen LogP contribution is 2.30. The van der Waals surface area contributed by atoms with Crippen molar-refractivity contribution in [1.82, 2.24) is 15.2 Å². The van der Waals surface area contributed by atoms with Gasteiger partial charge in [-0.25, -0.2) is 5.43 Å². The van der Waals surface area contributed by atoms with Gasteiger partial charge in [0.1, 0.15) is 5.69 Å². The molecule has 1 heterocycles. The van der Waals surface area contributed by atoms with Crippen molar-refractivity contribution in [3.05, 3.63) is 46.2 Å². The van der Waals surface area contributed by atoms with E-state index in [2.05, 4.69) is 10.5 Å². The first-order chi connectivity index (χ1) is 9.06. The number of aromatic nitrogens is 2. The van der Waals surface area contributed by atoms with Gasteiger partial charge in [-0.1, -0.05) is 17.7 Å². The molecule has 2 aromatic rings. The molecule has 1 aromatic heterocycles. The van der Waals surface area contributed by atoms with E-state index < -0.39 is 0 Å². The second kappa shape index (κ2) is 5.61. The molecule has 1 unspecified atom stereocenters. The Kier molecular flexibility index (Phi) is 4.09. The summed E-state index contributed by atoms with van der Waals surface area (Å²) in [5.74, 6) is 6.38. The molecule has 0 radical (unpaired) electrons. The van der Waals surface area contributed by atoms with E-state index in [0.717, 1.165) is 16.8 Å². The fourth-order valence-corrected chi connectivity index (χ4v) is 2.48. The number of methoxy groups -OCH3 is 1. The number of hydrazine groups is 1. The summed E-state index contributed by atoms with van der Waals surface area (Å²) in [5.41, 5.74) is 5.68. The van der Waals surface area contributed by atoms with Gasteiger partial charge in [-0.15, -0.1) is 0 Å². The molecule has 0 aliphatic rings. The minimum absolute atomic E-state index is 0.236. The second-order valence-electron chi connectivity index (χ2n) is 4.38. The molecule has 0 saturated carbocycles. The third-order valence-electron chi connectivity index (χ3n) is 3.01. The molecular formula is C13H17ClN4O. The number of rotatable bonds is 4. The van der Waals surface area contributed by atoms with Crippen LogP contribution in [0, 0.1) is 6.92 Å². The zero-order valence-electron chi connectivity index (χ0n) is 11.1. The third-order valence-corrected chi connectivity index (χ3v) is 3.23. The lowest BCUT2D eigenvalue weighted by atomic mass is 10.0. The van der Waals surface area contributed by atoms with E-state index in [-0.39, 0.29) is 6.04 Å². The Balaban J connectivity index is 2.52. The second-order valence-corrected chi connectivity index (χ2v) is 4.82. The van der Waals surface area contributed by atoms with Gasteiger partial charge in [0.2, 0.25) is 0 Å². The fraction of sp³-hybridized carbons (Fsp3) is 0.308. The Bertz CT molecular complexity index is 562. The normalized spacial score (nSPS) is 12.5. The summed E-state index contributed by atoms with van der Waals surface area (Å²) < 4.78 is 7.05. The number of nitrogens with zero attached hydrogens (tertiary/aromatic N) is 2. The van der Waals surface area contributed by atoms with Crippen LogP contribution in [0.3, 0.4) is 0 Å². The van der Waals surface area contributed by atoms with Crippen LogP contribution < -0.4 is 16.0 Å². The maximum absolute atomic E-state index is 6.10. The van der Waals surface area contributed by atoms with Gasteiger partial charge in [-0.2, -0.15) is 5.10 Å². The standard InChI is InChI=1S/C13H17ClN4O/c1-8-4-9(6-10(14)5-8)12(17-15)13-11(19-3)7-16-18(13)2/h4-7,12,17H,15H2,1-3H3. The summed E-state index contributed by atoms with van der Waals surface area (Å²) in [7, 11) is 3.46. The number of hydrogen-bond acceptors (Lipinski definition) is 4. The van der Waals surface area contributed by atoms with Crippen molar-refractivity contribution in [2.24, 2.45) is 12.9 Å². The van der Waals surface area contributed by atoms with Gasteiger partial charge in [0.25, 0.3) is 0 Å². The molecule has 0 fully saturated rings. The average Bonchev–Trinajstić information content (AvgIpc) is 2.71. The molecule has 19 heavy (non-hydrogen) atoms. The topological polar surface area (TPSA) is 65.1 Å². The molecule has 0 aliphatic carbocycles. The van der Waals surface area contributed by atoms with E-state index in [1.54, 1.807) is 18.0 Å². The molecule has 0 spiro atoms. The van der Waals surface area contributed by atoms with Gasteiger partial charge in [-0.3, -0.25) is 10.5 Å². The van der Waals surface area contributed by atoms with Gasteiger partial charge in [0.15, 0.2) is 5.75 Å². The lowest BCUT2D eigenvalue weighted by Crippen LogP contribution is -2.30. The molecule has 0 amide bonds. The number of hydrogen-bond donors (Lipinski definition) is 2. The first-order valence-electron chi connectivity index (χ1n) is 5.86. The first-order valence-corrected chi connectivity index (χ1v) is 6.23. The highest BCUT2D eigenvalue weighted by atomic mass is 35.5. The van der Waals surface area contributed by atoms with Gasteiger partial charge in [-0.05, 0) is 30.2 Å². The SMILES string of the molecule is COc1cnn(C)c1C(NN)c1cc(C)cc(Cl)c1. The molecule has 0 bridgehead atoms. The number of aryl methyl sites for hydroxylation is 2. The highest BCUT2D eigenvalue weighted by molar-refractivity contribution is 6.30. The number of benzene rings is 1. The number of nitrogens with one attached hydrogen (secondary N) is 1. The van der Waals surface area contributed by atoms with Crippen LogP contribution in [0.1, 0.15) is 22.9 Å². The molecule has 0 aliphatic heterocycles. The summed E-state index contributed by atoms with van der Waals surface area (Å²) in [5, 5.41) is 4.87. The van der Waals surface area contributed by atoms with Crippen molar-refractivity contribution in [2.45, 2.75) is 13.0 Å². The molecule has 6 heteroatoms. The maximum atomic E-state index is 6.10. The van der Waals surface area contributed by atoms with Gasteiger partial charge in [0.05, 0.1) is 19.3 Å². The van der Waals surface area contributed by atoms with E-state index in [4.69, 9.17) is 22.2 Å². The summed E-state index contributed by atoms with van der Waals surface area (Å²) in [4.78, 5) is 0. The van der Waals surface area contributed by atoms with Crippen molar-refractivity contribution >= 4 is 11.6 Å². The maximum Gasteiger partial charge on any atom is 0.161 e. The highest BCUT2D eigenvalue weighted by Gasteiger charge is 2.21. The summed E-state index contributed by atoms with van der Waals surface area (Å²) >= 11 is 6.10. The Morgan fingerprint density at radius 2 is 2.16 bits per heavy atom. The molecule has 3 N–H and O–H groups in total. The smallest absolute Gasteiger partial charge is 0.161 e. The predicted octanol–water partition coefficient (Wildman–Crippen LogP) is 1.94. The Labute approximate surface area is 117 Å². The summed E-state index contributed by atoms with van der Waals surface area (Å²) in [6.45, 7) is 1.99. The summed E-state index contributed by atoms with van der Waals surface area (Å²) in [6, 6.07) is 5.58. The van der Waals surface area contributed by atoms with Crippen molar-refractivity contribution in [3.8, 4) is 5.75 Å². The largest absolute Gasteiger partial charge is 0.493 e. The van der Waals surface area contributed by atoms with Crippen LogP contribution in [0.4, 0.5) is 0 Å². The van der Waals surface area contributed by atoms with Crippen LogP contribution in [-0.2, 0) is 7.05 Å². The first kappa shape index (κ1) is 13.9. The zero-order valence-corrected chi connectivity index (χ0v) is 11.9. The molecular weight excluding hydrogens is 264 g/mol. The minimum atomic E-state index is -0.236. The Morgan fingerprint density at radius 1 is 1.42 bits per heavy atom. The molecule has 2 rings (SSSR count). The molecule has 5 nitrogen and oxygen atoms in total. The number of halogens is 1. The fourth-order valence-electron chi connectivity index (χ4n) is 2.18.